The normalized spacial score (nSPS) is 11.1. The van der Waals surface area contributed by atoms with Crippen LogP contribution in [-0.2, 0) is 6.54 Å². The second kappa shape index (κ2) is 5.32. The van der Waals surface area contributed by atoms with Crippen LogP contribution in [-0.4, -0.2) is 16.5 Å². The van der Waals surface area contributed by atoms with Gasteiger partial charge < -0.3 is 10.3 Å². The lowest BCUT2D eigenvalue weighted by Crippen LogP contribution is -2.15. The van der Waals surface area contributed by atoms with Gasteiger partial charge in [-0.1, -0.05) is 24.9 Å². The van der Waals surface area contributed by atoms with Gasteiger partial charge in [0.25, 0.3) is 0 Å². The molecule has 1 heterocycles. The molecular formula is C12H16ClN3. The summed E-state index contributed by atoms with van der Waals surface area (Å²) in [5.74, 6) is 0.966. The molecule has 2 rings (SSSR count). The highest BCUT2D eigenvalue weighted by Gasteiger charge is 2.02. The van der Waals surface area contributed by atoms with Crippen molar-refractivity contribution < 1.29 is 0 Å². The first kappa shape index (κ1) is 11.4. The molecule has 3 nitrogen and oxygen atoms in total. The fraction of sp³-hybridized carbons (Fsp3) is 0.417. The Morgan fingerprint density at radius 3 is 3.12 bits per heavy atom. The average molecular weight is 238 g/mol. The van der Waals surface area contributed by atoms with Crippen LogP contribution in [0.1, 0.15) is 25.6 Å². The SMILES string of the molecule is CCCCNCc1nc2ccc(Cl)cc2[nH]1. The number of aromatic nitrogens is 2. The number of unbranched alkanes of at least 4 members (excludes halogenated alkanes) is 1. The first-order chi connectivity index (χ1) is 7.79. The minimum Gasteiger partial charge on any atom is -0.341 e. The Morgan fingerprint density at radius 2 is 2.31 bits per heavy atom. The zero-order valence-electron chi connectivity index (χ0n) is 9.39. The summed E-state index contributed by atoms with van der Waals surface area (Å²) in [5.41, 5.74) is 1.97. The van der Waals surface area contributed by atoms with Crippen molar-refractivity contribution in [2.75, 3.05) is 6.54 Å². The van der Waals surface area contributed by atoms with E-state index in [1.165, 1.54) is 12.8 Å². The number of hydrogen-bond donors (Lipinski definition) is 2. The van der Waals surface area contributed by atoms with Gasteiger partial charge in [0.1, 0.15) is 5.82 Å². The smallest absolute Gasteiger partial charge is 0.121 e. The predicted octanol–water partition coefficient (Wildman–Crippen LogP) is 3.11. The van der Waals surface area contributed by atoms with Crippen molar-refractivity contribution in [3.05, 3.63) is 29.0 Å². The van der Waals surface area contributed by atoms with Crippen LogP contribution in [0.4, 0.5) is 0 Å². The number of fused-ring (bicyclic) bond motifs is 1. The summed E-state index contributed by atoms with van der Waals surface area (Å²) in [6.45, 7) is 4.01. The molecule has 1 aromatic carbocycles. The van der Waals surface area contributed by atoms with Crippen LogP contribution in [0.25, 0.3) is 11.0 Å². The molecular weight excluding hydrogens is 222 g/mol. The van der Waals surface area contributed by atoms with Gasteiger partial charge in [-0.3, -0.25) is 0 Å². The number of aromatic amines is 1. The van der Waals surface area contributed by atoms with Crippen molar-refractivity contribution in [2.45, 2.75) is 26.3 Å². The van der Waals surface area contributed by atoms with Gasteiger partial charge in [-0.05, 0) is 31.2 Å². The summed E-state index contributed by atoms with van der Waals surface area (Å²) in [4.78, 5) is 7.73. The standard InChI is InChI=1S/C12H16ClN3/c1-2-3-6-14-8-12-15-10-5-4-9(13)7-11(10)16-12/h4-5,7,14H,2-3,6,8H2,1H3,(H,15,16). The van der Waals surface area contributed by atoms with E-state index in [-0.39, 0.29) is 0 Å². The molecule has 2 N–H and O–H groups in total. The zero-order valence-corrected chi connectivity index (χ0v) is 10.1. The molecule has 0 bridgehead atoms. The Morgan fingerprint density at radius 1 is 1.44 bits per heavy atom. The Hall–Kier alpha value is -1.06. The third-order valence-electron chi connectivity index (χ3n) is 2.49. The van der Waals surface area contributed by atoms with Crippen LogP contribution < -0.4 is 5.32 Å². The fourth-order valence-electron chi connectivity index (χ4n) is 1.63. The molecule has 0 aliphatic rings. The fourth-order valence-corrected chi connectivity index (χ4v) is 1.80. The minimum absolute atomic E-state index is 0.738. The molecule has 0 saturated heterocycles. The number of halogens is 1. The lowest BCUT2D eigenvalue weighted by Gasteiger charge is -1.99. The minimum atomic E-state index is 0.738. The molecule has 0 aliphatic heterocycles. The maximum absolute atomic E-state index is 5.91. The molecule has 0 radical (unpaired) electrons. The monoisotopic (exact) mass is 237 g/mol. The summed E-state index contributed by atoms with van der Waals surface area (Å²) in [6, 6.07) is 5.70. The first-order valence-corrected chi connectivity index (χ1v) is 6.02. The molecule has 0 atom stereocenters. The van der Waals surface area contributed by atoms with Crippen molar-refractivity contribution in [2.24, 2.45) is 0 Å². The maximum atomic E-state index is 5.91. The Balaban J connectivity index is 2.02. The summed E-state index contributed by atoms with van der Waals surface area (Å²) in [7, 11) is 0. The van der Waals surface area contributed by atoms with E-state index in [2.05, 4.69) is 22.2 Å². The second-order valence-corrected chi connectivity index (χ2v) is 4.31. The molecule has 0 saturated carbocycles. The van der Waals surface area contributed by atoms with Gasteiger partial charge in [-0.2, -0.15) is 0 Å². The summed E-state index contributed by atoms with van der Waals surface area (Å²) >= 11 is 5.91. The third kappa shape index (κ3) is 2.74. The Labute approximate surface area is 100 Å². The van der Waals surface area contributed by atoms with Crippen LogP contribution in [0, 0.1) is 0 Å². The van der Waals surface area contributed by atoms with Gasteiger partial charge in [0, 0.05) is 5.02 Å². The largest absolute Gasteiger partial charge is 0.341 e. The number of nitrogens with one attached hydrogen (secondary N) is 2. The quantitative estimate of drug-likeness (QED) is 0.785. The highest BCUT2D eigenvalue weighted by molar-refractivity contribution is 6.31. The van der Waals surface area contributed by atoms with E-state index in [0.717, 1.165) is 35.0 Å². The molecule has 0 unspecified atom stereocenters. The molecule has 2 aromatic rings. The summed E-state index contributed by atoms with van der Waals surface area (Å²) in [6.07, 6.45) is 2.41. The number of benzene rings is 1. The molecule has 1 aromatic heterocycles. The van der Waals surface area contributed by atoms with E-state index in [1.807, 2.05) is 18.2 Å². The summed E-state index contributed by atoms with van der Waals surface area (Å²) < 4.78 is 0. The average Bonchev–Trinajstić information content (AvgIpc) is 2.66. The van der Waals surface area contributed by atoms with Crippen LogP contribution in [0.15, 0.2) is 18.2 Å². The van der Waals surface area contributed by atoms with Crippen molar-refractivity contribution in [1.82, 2.24) is 15.3 Å². The lowest BCUT2D eigenvalue weighted by atomic mass is 10.3. The number of imidazole rings is 1. The van der Waals surface area contributed by atoms with Crippen LogP contribution in [0.3, 0.4) is 0 Å². The highest BCUT2D eigenvalue weighted by atomic mass is 35.5. The van der Waals surface area contributed by atoms with Crippen molar-refractivity contribution in [1.29, 1.82) is 0 Å². The molecule has 0 amide bonds. The zero-order chi connectivity index (χ0) is 11.4. The van der Waals surface area contributed by atoms with Gasteiger partial charge in [0.15, 0.2) is 0 Å². The second-order valence-electron chi connectivity index (χ2n) is 3.88. The van der Waals surface area contributed by atoms with E-state index in [4.69, 9.17) is 11.6 Å². The molecule has 0 fully saturated rings. The van der Waals surface area contributed by atoms with Crippen LogP contribution in [0.2, 0.25) is 5.02 Å². The Bertz CT molecular complexity index is 464. The van der Waals surface area contributed by atoms with E-state index in [1.54, 1.807) is 0 Å². The summed E-state index contributed by atoms with van der Waals surface area (Å²) in [5, 5.41) is 4.09. The van der Waals surface area contributed by atoms with E-state index < -0.39 is 0 Å². The van der Waals surface area contributed by atoms with E-state index >= 15 is 0 Å². The number of hydrogen-bond acceptors (Lipinski definition) is 2. The highest BCUT2D eigenvalue weighted by Crippen LogP contribution is 2.16. The molecule has 16 heavy (non-hydrogen) atoms. The van der Waals surface area contributed by atoms with Gasteiger partial charge >= 0.3 is 0 Å². The topological polar surface area (TPSA) is 40.7 Å². The number of nitrogens with zero attached hydrogens (tertiary/aromatic N) is 1. The van der Waals surface area contributed by atoms with Gasteiger partial charge in [0.2, 0.25) is 0 Å². The maximum Gasteiger partial charge on any atom is 0.121 e. The molecule has 86 valence electrons. The van der Waals surface area contributed by atoms with E-state index in [9.17, 15) is 0 Å². The number of rotatable bonds is 5. The van der Waals surface area contributed by atoms with Crippen LogP contribution in [0.5, 0.6) is 0 Å². The van der Waals surface area contributed by atoms with E-state index in [0.29, 0.717) is 0 Å². The third-order valence-corrected chi connectivity index (χ3v) is 2.73. The molecule has 0 aliphatic carbocycles. The Kier molecular flexibility index (Phi) is 3.80. The van der Waals surface area contributed by atoms with Crippen molar-refractivity contribution in [3.8, 4) is 0 Å². The van der Waals surface area contributed by atoms with Gasteiger partial charge in [-0.15, -0.1) is 0 Å². The van der Waals surface area contributed by atoms with Gasteiger partial charge in [0.05, 0.1) is 17.6 Å². The van der Waals surface area contributed by atoms with Crippen molar-refractivity contribution >= 4 is 22.6 Å². The predicted molar refractivity (Wildman–Crippen MR) is 67.7 cm³/mol. The number of H-pyrrole nitrogens is 1. The first-order valence-electron chi connectivity index (χ1n) is 5.64. The van der Waals surface area contributed by atoms with Gasteiger partial charge in [-0.25, -0.2) is 4.98 Å². The lowest BCUT2D eigenvalue weighted by molar-refractivity contribution is 0.627. The molecule has 0 spiro atoms. The van der Waals surface area contributed by atoms with Crippen molar-refractivity contribution in [3.63, 3.8) is 0 Å². The van der Waals surface area contributed by atoms with Crippen LogP contribution >= 0.6 is 11.6 Å². The molecule has 4 heteroatoms.